The lowest BCUT2D eigenvalue weighted by atomic mass is 9.63. The Bertz CT molecular complexity index is 1290. The van der Waals surface area contributed by atoms with Gasteiger partial charge in [-0.1, -0.05) is 35.8 Å². The van der Waals surface area contributed by atoms with Crippen LogP contribution in [-0.4, -0.2) is 31.8 Å². The summed E-state index contributed by atoms with van der Waals surface area (Å²) in [6, 6.07) is 5.86. The van der Waals surface area contributed by atoms with Crippen molar-refractivity contribution in [2.24, 2.45) is 7.05 Å². The number of rotatable bonds is 2. The second kappa shape index (κ2) is 7.21. The molecule has 0 bridgehead atoms. The fourth-order valence-electron chi connectivity index (χ4n) is 4.70. The Labute approximate surface area is 189 Å². The van der Waals surface area contributed by atoms with Crippen LogP contribution < -0.4 is 10.9 Å². The van der Waals surface area contributed by atoms with Crippen LogP contribution in [0.2, 0.25) is 0 Å². The van der Waals surface area contributed by atoms with E-state index in [4.69, 9.17) is 0 Å². The van der Waals surface area contributed by atoms with E-state index in [-0.39, 0.29) is 22.4 Å². The average Bonchev–Trinajstić information content (AvgIpc) is 2.66. The van der Waals surface area contributed by atoms with E-state index in [1.54, 1.807) is 26.0 Å². The predicted molar refractivity (Wildman–Crippen MR) is 118 cm³/mol. The predicted octanol–water partition coefficient (Wildman–Crippen LogP) is 4.53. The lowest BCUT2D eigenvalue weighted by molar-refractivity contribution is -0.275. The quantitative estimate of drug-likeness (QED) is 0.470. The maximum absolute atomic E-state index is 14.3. The summed E-state index contributed by atoms with van der Waals surface area (Å²) in [6.45, 7) is 3.11. The Balaban J connectivity index is 1.99. The van der Waals surface area contributed by atoms with Crippen LogP contribution in [0.15, 0.2) is 45.8 Å². The molecule has 0 aliphatic heterocycles. The lowest BCUT2D eigenvalue weighted by Crippen LogP contribution is -2.58. The van der Waals surface area contributed by atoms with Crippen molar-refractivity contribution < 1.29 is 23.4 Å². The molecule has 10 heteroatoms. The van der Waals surface area contributed by atoms with Crippen molar-refractivity contribution in [3.8, 4) is 5.75 Å². The Morgan fingerprint density at radius 1 is 1.25 bits per heavy atom. The van der Waals surface area contributed by atoms with Gasteiger partial charge >= 0.3 is 6.18 Å². The molecule has 1 heterocycles. The van der Waals surface area contributed by atoms with Crippen LogP contribution in [0.1, 0.15) is 37.4 Å². The van der Waals surface area contributed by atoms with E-state index in [1.165, 1.54) is 31.4 Å². The number of nitrogens with one attached hydrogen (secondary N) is 1. The Morgan fingerprint density at radius 2 is 1.94 bits per heavy atom. The minimum Gasteiger partial charge on any atom is -0.508 e. The van der Waals surface area contributed by atoms with E-state index in [2.05, 4.69) is 26.3 Å². The molecule has 0 amide bonds. The van der Waals surface area contributed by atoms with E-state index in [1.807, 2.05) is 0 Å². The number of phenolic OH excluding ortho intramolecular Hbond substituents is 1. The molecule has 0 saturated carbocycles. The van der Waals surface area contributed by atoms with Gasteiger partial charge in [-0.2, -0.15) is 18.3 Å². The summed E-state index contributed by atoms with van der Waals surface area (Å²) in [5.74, 6) is -0.163. The first-order chi connectivity index (χ1) is 14.8. The molecule has 3 aromatic rings. The number of hydrogen-bond acceptors (Lipinski definition) is 5. The monoisotopic (exact) mass is 511 g/mol. The SMILES string of the molecule is Cn1ncc2c(NC3c4cc(Br)cc(O)c4C(C)(C)CC3(O)C(F)(F)F)cccc2c1=O. The zero-order chi connectivity index (χ0) is 23.6. The van der Waals surface area contributed by atoms with Crippen LogP contribution >= 0.6 is 15.9 Å². The van der Waals surface area contributed by atoms with Crippen molar-refractivity contribution >= 4 is 32.4 Å². The molecule has 0 radical (unpaired) electrons. The molecule has 0 fully saturated rings. The summed E-state index contributed by atoms with van der Waals surface area (Å²) in [7, 11) is 1.48. The Kier molecular flexibility index (Phi) is 5.09. The number of benzene rings is 2. The molecule has 170 valence electrons. The first-order valence-corrected chi connectivity index (χ1v) is 10.6. The number of anilines is 1. The van der Waals surface area contributed by atoms with Crippen LogP contribution in [0.4, 0.5) is 18.9 Å². The Morgan fingerprint density at radius 3 is 2.59 bits per heavy atom. The maximum Gasteiger partial charge on any atom is 0.419 e. The number of aliphatic hydroxyl groups is 1. The molecule has 0 saturated heterocycles. The number of alkyl halides is 3. The van der Waals surface area contributed by atoms with Crippen LogP contribution in [0, 0.1) is 0 Å². The number of phenols is 1. The number of aryl methyl sites for hydroxylation is 1. The smallest absolute Gasteiger partial charge is 0.419 e. The van der Waals surface area contributed by atoms with E-state index >= 15 is 0 Å². The standard InChI is InChI=1S/C22H21BrF3N3O3/c1-20(2)10-21(32,22(24,25)26)18(13-7-11(23)8-16(30)17(13)20)28-15-6-4-5-12-14(15)9-27-29(3)19(12)31/h4-9,18,28,30,32H,10H2,1-3H3. The highest BCUT2D eigenvalue weighted by Gasteiger charge is 2.64. The van der Waals surface area contributed by atoms with Crippen molar-refractivity contribution in [1.29, 1.82) is 0 Å². The molecule has 2 aromatic carbocycles. The minimum atomic E-state index is -4.98. The number of aromatic hydroxyl groups is 1. The number of hydrogen-bond donors (Lipinski definition) is 3. The van der Waals surface area contributed by atoms with Crippen LogP contribution in [0.3, 0.4) is 0 Å². The molecule has 3 N–H and O–H groups in total. The highest BCUT2D eigenvalue weighted by molar-refractivity contribution is 9.10. The van der Waals surface area contributed by atoms with E-state index in [0.717, 1.165) is 4.68 Å². The highest BCUT2D eigenvalue weighted by atomic mass is 79.9. The van der Waals surface area contributed by atoms with Crippen LogP contribution in [0.5, 0.6) is 5.75 Å². The normalized spacial score (nSPS) is 22.6. The molecule has 0 spiro atoms. The number of aromatic nitrogens is 2. The van der Waals surface area contributed by atoms with Crippen molar-refractivity contribution in [1.82, 2.24) is 9.78 Å². The number of halogens is 4. The molecular weight excluding hydrogens is 491 g/mol. The van der Waals surface area contributed by atoms with Crippen molar-refractivity contribution in [3.63, 3.8) is 0 Å². The van der Waals surface area contributed by atoms with E-state index < -0.39 is 35.2 Å². The Hall–Kier alpha value is -2.59. The largest absolute Gasteiger partial charge is 0.508 e. The summed E-state index contributed by atoms with van der Waals surface area (Å²) in [6.07, 6.45) is -4.26. The van der Waals surface area contributed by atoms with Crippen LogP contribution in [-0.2, 0) is 12.5 Å². The van der Waals surface area contributed by atoms with Gasteiger partial charge in [0.05, 0.1) is 17.6 Å². The maximum atomic E-state index is 14.3. The van der Waals surface area contributed by atoms with Gasteiger partial charge in [-0.05, 0) is 41.7 Å². The van der Waals surface area contributed by atoms with Gasteiger partial charge in [0.15, 0.2) is 5.60 Å². The first-order valence-electron chi connectivity index (χ1n) is 9.80. The highest BCUT2D eigenvalue weighted by Crippen LogP contribution is 2.56. The van der Waals surface area contributed by atoms with Gasteiger partial charge < -0.3 is 15.5 Å². The van der Waals surface area contributed by atoms with Gasteiger partial charge in [0, 0.05) is 28.2 Å². The molecular formula is C22H21BrF3N3O3. The van der Waals surface area contributed by atoms with Gasteiger partial charge in [0.1, 0.15) is 5.75 Å². The molecule has 2 atom stereocenters. The molecule has 2 unspecified atom stereocenters. The number of nitrogens with zero attached hydrogens (tertiary/aromatic N) is 2. The first kappa shape index (κ1) is 22.6. The second-order valence-electron chi connectivity index (χ2n) is 8.79. The average molecular weight is 512 g/mol. The lowest BCUT2D eigenvalue weighted by Gasteiger charge is -2.49. The number of fused-ring (bicyclic) bond motifs is 2. The van der Waals surface area contributed by atoms with Crippen LogP contribution in [0.25, 0.3) is 10.8 Å². The van der Waals surface area contributed by atoms with Crippen molar-refractivity contribution in [3.05, 3.63) is 62.5 Å². The van der Waals surface area contributed by atoms with Gasteiger partial charge in [-0.15, -0.1) is 0 Å². The van der Waals surface area contributed by atoms with Crippen molar-refractivity contribution in [2.75, 3.05) is 5.32 Å². The molecule has 4 rings (SSSR count). The summed E-state index contributed by atoms with van der Waals surface area (Å²) in [5, 5.41) is 29.1. The summed E-state index contributed by atoms with van der Waals surface area (Å²) in [4.78, 5) is 12.4. The molecule has 6 nitrogen and oxygen atoms in total. The molecule has 1 aromatic heterocycles. The van der Waals surface area contributed by atoms with Crippen molar-refractivity contribution in [2.45, 2.75) is 43.5 Å². The fraction of sp³-hybridized carbons (Fsp3) is 0.364. The third-order valence-corrected chi connectivity index (χ3v) is 6.53. The molecule has 1 aliphatic carbocycles. The second-order valence-corrected chi connectivity index (χ2v) is 9.70. The molecule has 32 heavy (non-hydrogen) atoms. The third-order valence-electron chi connectivity index (χ3n) is 6.07. The summed E-state index contributed by atoms with van der Waals surface area (Å²) < 4.78 is 44.5. The summed E-state index contributed by atoms with van der Waals surface area (Å²) >= 11 is 3.23. The zero-order valence-corrected chi connectivity index (χ0v) is 19.0. The molecule has 1 aliphatic rings. The fourth-order valence-corrected chi connectivity index (χ4v) is 5.17. The van der Waals surface area contributed by atoms with E-state index in [0.29, 0.717) is 15.4 Å². The minimum absolute atomic E-state index is 0.113. The van der Waals surface area contributed by atoms with Gasteiger partial charge in [-0.3, -0.25) is 4.79 Å². The summed E-state index contributed by atoms with van der Waals surface area (Å²) in [5.41, 5.74) is -4.07. The topological polar surface area (TPSA) is 87.4 Å². The van der Waals surface area contributed by atoms with E-state index in [9.17, 15) is 28.2 Å². The van der Waals surface area contributed by atoms with Gasteiger partial charge in [-0.25, -0.2) is 4.68 Å². The zero-order valence-electron chi connectivity index (χ0n) is 17.5. The van der Waals surface area contributed by atoms with Gasteiger partial charge in [0.25, 0.3) is 5.56 Å². The third kappa shape index (κ3) is 3.36. The van der Waals surface area contributed by atoms with Gasteiger partial charge in [0.2, 0.25) is 0 Å².